The third-order valence-corrected chi connectivity index (χ3v) is 3.63. The number of hydrogen-bond donors (Lipinski definition) is 1. The summed E-state index contributed by atoms with van der Waals surface area (Å²) in [5.41, 5.74) is 0.468. The molecule has 0 saturated carbocycles. The largest absolute Gasteiger partial charge is 0.359 e. The molecule has 0 aromatic carbocycles. The Bertz CT molecular complexity index is 183. The van der Waals surface area contributed by atoms with Gasteiger partial charge in [-0.3, -0.25) is 9.69 Å². The number of fused-ring (bicyclic) bond motifs is 1. The third kappa shape index (κ3) is 1.57. The molecule has 74 valence electrons. The van der Waals surface area contributed by atoms with E-state index in [-0.39, 0.29) is 0 Å². The predicted molar refractivity (Wildman–Crippen MR) is 51.5 cm³/mol. The molecule has 0 aromatic heterocycles. The van der Waals surface area contributed by atoms with Crippen molar-refractivity contribution in [2.24, 2.45) is 0 Å². The summed E-state index contributed by atoms with van der Waals surface area (Å²) in [6, 6.07) is 0. The molecule has 0 unspecified atom stereocenters. The molecule has 0 radical (unpaired) electrons. The molecule has 0 aliphatic carbocycles. The van der Waals surface area contributed by atoms with Crippen LogP contribution in [0.1, 0.15) is 32.1 Å². The summed E-state index contributed by atoms with van der Waals surface area (Å²) in [6.45, 7) is 3.40. The standard InChI is InChI=1S/C10H18N2O/c13-9-11-6-5-10-3-1-7-12(10)8-2-4-10/h9H,1-8H2,(H,11,13). The monoisotopic (exact) mass is 182 g/mol. The SMILES string of the molecule is O=CNCCC12CCCN1CCC2. The van der Waals surface area contributed by atoms with E-state index < -0.39 is 0 Å². The number of hydrogen-bond acceptors (Lipinski definition) is 2. The molecular formula is C10H18N2O. The highest BCUT2D eigenvalue weighted by atomic mass is 16.1. The van der Waals surface area contributed by atoms with E-state index in [9.17, 15) is 4.79 Å². The summed E-state index contributed by atoms with van der Waals surface area (Å²) < 4.78 is 0. The Labute approximate surface area is 79.5 Å². The smallest absolute Gasteiger partial charge is 0.207 e. The van der Waals surface area contributed by atoms with E-state index in [1.54, 1.807) is 0 Å². The van der Waals surface area contributed by atoms with Crippen LogP contribution >= 0.6 is 0 Å². The van der Waals surface area contributed by atoms with Gasteiger partial charge in [0.15, 0.2) is 0 Å². The fourth-order valence-electron chi connectivity index (χ4n) is 3.00. The molecule has 0 atom stereocenters. The van der Waals surface area contributed by atoms with Gasteiger partial charge in [-0.25, -0.2) is 0 Å². The quantitative estimate of drug-likeness (QED) is 0.514. The first-order valence-corrected chi connectivity index (χ1v) is 5.29. The van der Waals surface area contributed by atoms with Gasteiger partial charge in [-0.2, -0.15) is 0 Å². The second-order valence-corrected chi connectivity index (χ2v) is 4.24. The maximum atomic E-state index is 10.1. The first kappa shape index (κ1) is 9.00. The number of amides is 1. The third-order valence-electron chi connectivity index (χ3n) is 3.63. The Balaban J connectivity index is 1.89. The molecule has 2 aliphatic heterocycles. The molecule has 2 fully saturated rings. The van der Waals surface area contributed by atoms with E-state index in [2.05, 4.69) is 10.2 Å². The van der Waals surface area contributed by atoms with Crippen molar-refractivity contribution in [3.63, 3.8) is 0 Å². The lowest BCUT2D eigenvalue weighted by molar-refractivity contribution is -0.109. The number of rotatable bonds is 4. The van der Waals surface area contributed by atoms with Gasteiger partial charge < -0.3 is 5.32 Å². The average molecular weight is 182 g/mol. The van der Waals surface area contributed by atoms with Crippen LogP contribution in [-0.2, 0) is 4.79 Å². The van der Waals surface area contributed by atoms with Crippen LogP contribution in [0.15, 0.2) is 0 Å². The molecule has 2 rings (SSSR count). The molecule has 1 amide bonds. The van der Waals surface area contributed by atoms with Gasteiger partial charge in [0.1, 0.15) is 0 Å². The Morgan fingerprint density at radius 1 is 1.31 bits per heavy atom. The van der Waals surface area contributed by atoms with Crippen molar-refractivity contribution >= 4 is 6.41 Å². The molecule has 2 aliphatic rings. The van der Waals surface area contributed by atoms with Gasteiger partial charge in [-0.05, 0) is 45.2 Å². The highest BCUT2D eigenvalue weighted by Crippen LogP contribution is 2.40. The zero-order chi connectivity index (χ0) is 9.15. The van der Waals surface area contributed by atoms with Gasteiger partial charge in [-0.1, -0.05) is 0 Å². The van der Waals surface area contributed by atoms with Crippen LogP contribution < -0.4 is 5.32 Å². The molecule has 2 heterocycles. The van der Waals surface area contributed by atoms with Crippen LogP contribution in [0.25, 0.3) is 0 Å². The van der Waals surface area contributed by atoms with Gasteiger partial charge in [-0.15, -0.1) is 0 Å². The maximum Gasteiger partial charge on any atom is 0.207 e. The molecule has 2 saturated heterocycles. The predicted octanol–water partition coefficient (Wildman–Crippen LogP) is 0.751. The maximum absolute atomic E-state index is 10.1. The lowest BCUT2D eigenvalue weighted by atomic mass is 9.90. The Morgan fingerprint density at radius 2 is 2.00 bits per heavy atom. The minimum Gasteiger partial charge on any atom is -0.359 e. The van der Waals surface area contributed by atoms with Crippen molar-refractivity contribution in [3.05, 3.63) is 0 Å². The van der Waals surface area contributed by atoms with Gasteiger partial charge in [0.2, 0.25) is 6.41 Å². The first-order chi connectivity index (χ1) is 6.37. The van der Waals surface area contributed by atoms with Crippen LogP contribution in [0.5, 0.6) is 0 Å². The van der Waals surface area contributed by atoms with E-state index in [1.165, 1.54) is 38.8 Å². The van der Waals surface area contributed by atoms with Crippen LogP contribution in [-0.4, -0.2) is 36.5 Å². The first-order valence-electron chi connectivity index (χ1n) is 5.29. The van der Waals surface area contributed by atoms with Gasteiger partial charge in [0, 0.05) is 12.1 Å². The second-order valence-electron chi connectivity index (χ2n) is 4.24. The zero-order valence-corrected chi connectivity index (χ0v) is 8.09. The van der Waals surface area contributed by atoms with Crippen molar-refractivity contribution in [1.82, 2.24) is 10.2 Å². The molecular weight excluding hydrogens is 164 g/mol. The van der Waals surface area contributed by atoms with Crippen LogP contribution in [0.4, 0.5) is 0 Å². The molecule has 13 heavy (non-hydrogen) atoms. The van der Waals surface area contributed by atoms with Gasteiger partial charge in [0.05, 0.1) is 0 Å². The number of carbonyl (C=O) groups is 1. The van der Waals surface area contributed by atoms with Crippen molar-refractivity contribution in [2.45, 2.75) is 37.6 Å². The topological polar surface area (TPSA) is 32.3 Å². The molecule has 0 bridgehead atoms. The highest BCUT2D eigenvalue weighted by molar-refractivity contribution is 5.45. The minimum absolute atomic E-state index is 0.468. The second kappa shape index (κ2) is 3.66. The summed E-state index contributed by atoms with van der Waals surface area (Å²) in [5, 5.41) is 2.78. The average Bonchev–Trinajstić information content (AvgIpc) is 2.63. The lowest BCUT2D eigenvalue weighted by Crippen LogP contribution is -2.40. The summed E-state index contributed by atoms with van der Waals surface area (Å²) >= 11 is 0. The van der Waals surface area contributed by atoms with Gasteiger partial charge in [0.25, 0.3) is 0 Å². The van der Waals surface area contributed by atoms with Crippen molar-refractivity contribution < 1.29 is 4.79 Å². The summed E-state index contributed by atoms with van der Waals surface area (Å²) in [5.74, 6) is 0. The highest BCUT2D eigenvalue weighted by Gasteiger charge is 2.43. The fourth-order valence-corrected chi connectivity index (χ4v) is 3.00. The number of nitrogens with zero attached hydrogens (tertiary/aromatic N) is 1. The number of nitrogens with one attached hydrogen (secondary N) is 1. The molecule has 1 N–H and O–H groups in total. The van der Waals surface area contributed by atoms with Crippen LogP contribution in [0.3, 0.4) is 0 Å². The molecule has 3 heteroatoms. The van der Waals surface area contributed by atoms with E-state index >= 15 is 0 Å². The van der Waals surface area contributed by atoms with E-state index in [4.69, 9.17) is 0 Å². The van der Waals surface area contributed by atoms with Crippen LogP contribution in [0, 0.1) is 0 Å². The molecule has 0 aromatic rings. The molecule has 3 nitrogen and oxygen atoms in total. The summed E-state index contributed by atoms with van der Waals surface area (Å²) in [6.07, 6.45) is 7.33. The zero-order valence-electron chi connectivity index (χ0n) is 8.09. The Kier molecular flexibility index (Phi) is 2.54. The van der Waals surface area contributed by atoms with Crippen molar-refractivity contribution in [1.29, 1.82) is 0 Å². The Morgan fingerprint density at radius 3 is 2.62 bits per heavy atom. The van der Waals surface area contributed by atoms with E-state index in [0.29, 0.717) is 5.54 Å². The molecule has 0 spiro atoms. The summed E-state index contributed by atoms with van der Waals surface area (Å²) in [7, 11) is 0. The normalized spacial score (nSPS) is 25.8. The minimum atomic E-state index is 0.468. The fraction of sp³-hybridized carbons (Fsp3) is 0.900. The van der Waals surface area contributed by atoms with Crippen molar-refractivity contribution in [3.8, 4) is 0 Å². The Hall–Kier alpha value is -0.570. The summed E-state index contributed by atoms with van der Waals surface area (Å²) in [4.78, 5) is 12.8. The lowest BCUT2D eigenvalue weighted by Gasteiger charge is -2.31. The number of carbonyl (C=O) groups excluding carboxylic acids is 1. The van der Waals surface area contributed by atoms with Crippen LogP contribution in [0.2, 0.25) is 0 Å². The van der Waals surface area contributed by atoms with Gasteiger partial charge >= 0.3 is 0 Å². The van der Waals surface area contributed by atoms with E-state index in [0.717, 1.165) is 19.4 Å². The van der Waals surface area contributed by atoms with Crippen molar-refractivity contribution in [2.75, 3.05) is 19.6 Å². The van der Waals surface area contributed by atoms with E-state index in [1.807, 2.05) is 0 Å².